The number of nitrogens with zero attached hydrogens (tertiary/aromatic N) is 6. The number of hydroxylamine groups is 1. The Kier molecular flexibility index (Phi) is 4.82. The molecule has 0 bridgehead atoms. The average molecular weight is 330 g/mol. The number of aliphatic hydroxyl groups is 2. The van der Waals surface area contributed by atoms with Crippen LogP contribution in [0.25, 0.3) is 10.4 Å². The van der Waals surface area contributed by atoms with Crippen molar-refractivity contribution in [3.63, 3.8) is 0 Å². The molecule has 23 heavy (non-hydrogen) atoms. The van der Waals surface area contributed by atoms with Crippen molar-refractivity contribution in [3.8, 4) is 0 Å². The molecule has 12 heteroatoms. The predicted molar refractivity (Wildman–Crippen MR) is 73.9 cm³/mol. The van der Waals surface area contributed by atoms with Crippen LogP contribution in [-0.2, 0) is 9.57 Å². The van der Waals surface area contributed by atoms with Crippen LogP contribution in [0.1, 0.15) is 6.23 Å². The Hall–Kier alpha value is -2.24. The lowest BCUT2D eigenvalue weighted by atomic mass is 10.1. The van der Waals surface area contributed by atoms with Crippen molar-refractivity contribution in [2.45, 2.75) is 24.2 Å². The standard InChI is InChI=1S/C11H15FN6O5/c1-17(22-2)6-3-4-18(10(21)14-6)9-7(12)8(20)11(5-19,23-9)15-16-13/h3-4,7-9,19-20H,5H2,1-2H3/t7-,8-,9+,11?/m0/s1. The first-order valence-electron chi connectivity index (χ1n) is 6.44. The molecule has 2 rings (SSSR count). The number of aromatic nitrogens is 2. The van der Waals surface area contributed by atoms with Crippen molar-refractivity contribution in [2.24, 2.45) is 5.11 Å². The number of hydrogen-bond donors (Lipinski definition) is 2. The van der Waals surface area contributed by atoms with Gasteiger partial charge in [0.25, 0.3) is 0 Å². The van der Waals surface area contributed by atoms with Gasteiger partial charge >= 0.3 is 5.69 Å². The van der Waals surface area contributed by atoms with E-state index in [9.17, 15) is 19.4 Å². The highest BCUT2D eigenvalue weighted by atomic mass is 19.1. The van der Waals surface area contributed by atoms with E-state index in [0.29, 0.717) is 0 Å². The van der Waals surface area contributed by atoms with E-state index >= 15 is 0 Å². The smallest absolute Gasteiger partial charge is 0.351 e. The maximum Gasteiger partial charge on any atom is 0.351 e. The van der Waals surface area contributed by atoms with Crippen molar-refractivity contribution in [1.82, 2.24) is 9.55 Å². The third kappa shape index (κ3) is 2.85. The number of alkyl halides is 1. The summed E-state index contributed by atoms with van der Waals surface area (Å²) in [7, 11) is 2.88. The minimum Gasteiger partial charge on any atom is -0.393 e. The van der Waals surface area contributed by atoms with Gasteiger partial charge in [-0.1, -0.05) is 5.11 Å². The molecule has 2 heterocycles. The third-order valence-electron chi connectivity index (χ3n) is 3.49. The molecule has 1 aromatic heterocycles. The van der Waals surface area contributed by atoms with Crippen LogP contribution < -0.4 is 10.8 Å². The number of ether oxygens (including phenoxy) is 1. The lowest BCUT2D eigenvalue weighted by Crippen LogP contribution is -2.43. The summed E-state index contributed by atoms with van der Waals surface area (Å²) in [5, 5.41) is 23.5. The van der Waals surface area contributed by atoms with Gasteiger partial charge in [0, 0.05) is 18.2 Å². The van der Waals surface area contributed by atoms with Crippen LogP contribution in [0.4, 0.5) is 10.2 Å². The zero-order valence-electron chi connectivity index (χ0n) is 12.3. The Balaban J connectivity index is 2.40. The SMILES string of the molecule is CON(C)c1ccn([C@@H]2OC(CO)(N=[N+]=[N-])[C@@H](O)[C@@H]2F)c(=O)n1. The normalized spacial score (nSPS) is 30.0. The minimum absolute atomic E-state index is 0.172. The van der Waals surface area contributed by atoms with Crippen molar-refractivity contribution in [1.29, 1.82) is 0 Å². The van der Waals surface area contributed by atoms with E-state index in [1.807, 2.05) is 0 Å². The largest absolute Gasteiger partial charge is 0.393 e. The highest BCUT2D eigenvalue weighted by Crippen LogP contribution is 2.39. The Morgan fingerprint density at radius 3 is 2.96 bits per heavy atom. The number of azide groups is 1. The topological polar surface area (TPSA) is 146 Å². The molecule has 11 nitrogen and oxygen atoms in total. The highest BCUT2D eigenvalue weighted by Gasteiger charge is 2.56. The van der Waals surface area contributed by atoms with Crippen LogP contribution in [0.2, 0.25) is 0 Å². The quantitative estimate of drug-likeness (QED) is 0.319. The van der Waals surface area contributed by atoms with Gasteiger partial charge in [0.2, 0.25) is 5.72 Å². The average Bonchev–Trinajstić information content (AvgIpc) is 2.80. The van der Waals surface area contributed by atoms with Crippen LogP contribution in [0.5, 0.6) is 0 Å². The summed E-state index contributed by atoms with van der Waals surface area (Å²) in [6.07, 6.45) is -4.47. The molecule has 1 saturated heterocycles. The van der Waals surface area contributed by atoms with E-state index in [1.54, 1.807) is 0 Å². The molecule has 0 spiro atoms. The number of anilines is 1. The molecule has 126 valence electrons. The van der Waals surface area contributed by atoms with E-state index in [0.717, 1.165) is 4.57 Å². The third-order valence-corrected chi connectivity index (χ3v) is 3.49. The zero-order chi connectivity index (χ0) is 17.2. The molecule has 0 amide bonds. The van der Waals surface area contributed by atoms with Crippen LogP contribution in [0, 0.1) is 0 Å². The molecular formula is C11H15FN6O5. The Morgan fingerprint density at radius 1 is 1.74 bits per heavy atom. The predicted octanol–water partition coefficient (Wildman–Crippen LogP) is -0.532. The molecule has 1 fully saturated rings. The Bertz CT molecular complexity index is 679. The second kappa shape index (κ2) is 6.48. The van der Waals surface area contributed by atoms with E-state index in [1.165, 1.54) is 31.5 Å². The minimum atomic E-state index is -2.21. The fourth-order valence-corrected chi connectivity index (χ4v) is 2.15. The molecule has 0 saturated carbocycles. The summed E-state index contributed by atoms with van der Waals surface area (Å²) in [5.74, 6) is 0.172. The lowest BCUT2D eigenvalue weighted by molar-refractivity contribution is -0.124. The molecule has 1 unspecified atom stereocenters. The van der Waals surface area contributed by atoms with E-state index < -0.39 is 36.5 Å². The lowest BCUT2D eigenvalue weighted by Gasteiger charge is -2.23. The van der Waals surface area contributed by atoms with Crippen molar-refractivity contribution < 1.29 is 24.2 Å². The Morgan fingerprint density at radius 2 is 2.43 bits per heavy atom. The molecule has 0 aromatic carbocycles. The molecule has 4 atom stereocenters. The first kappa shape index (κ1) is 17.1. The molecule has 1 aliphatic heterocycles. The maximum atomic E-state index is 14.3. The summed E-state index contributed by atoms with van der Waals surface area (Å²) in [6, 6.07) is 1.36. The van der Waals surface area contributed by atoms with Crippen LogP contribution in [0.3, 0.4) is 0 Å². The number of hydrogen-bond acceptors (Lipinski definition) is 8. The molecule has 0 aliphatic carbocycles. The first-order chi connectivity index (χ1) is 10.9. The van der Waals surface area contributed by atoms with Crippen molar-refractivity contribution in [2.75, 3.05) is 25.8 Å². The summed E-state index contributed by atoms with van der Waals surface area (Å²) in [5.41, 5.74) is 5.41. The summed E-state index contributed by atoms with van der Waals surface area (Å²) in [6.45, 7) is -0.957. The fourth-order valence-electron chi connectivity index (χ4n) is 2.15. The Labute approximate surface area is 129 Å². The van der Waals surface area contributed by atoms with Gasteiger partial charge in [0.15, 0.2) is 18.2 Å². The van der Waals surface area contributed by atoms with Gasteiger partial charge in [-0.25, -0.2) is 14.2 Å². The van der Waals surface area contributed by atoms with Crippen LogP contribution >= 0.6 is 0 Å². The van der Waals surface area contributed by atoms with Gasteiger partial charge < -0.3 is 14.9 Å². The second-order valence-corrected chi connectivity index (χ2v) is 4.75. The van der Waals surface area contributed by atoms with Gasteiger partial charge in [-0.05, 0) is 11.6 Å². The van der Waals surface area contributed by atoms with Crippen molar-refractivity contribution >= 4 is 5.82 Å². The van der Waals surface area contributed by atoms with Crippen LogP contribution in [-0.4, -0.2) is 58.5 Å². The second-order valence-electron chi connectivity index (χ2n) is 4.75. The van der Waals surface area contributed by atoms with Gasteiger partial charge in [0.1, 0.15) is 6.10 Å². The van der Waals surface area contributed by atoms with Gasteiger partial charge in [0.05, 0.1) is 13.7 Å². The zero-order valence-corrected chi connectivity index (χ0v) is 12.3. The summed E-state index contributed by atoms with van der Waals surface area (Å²) < 4.78 is 20.2. The summed E-state index contributed by atoms with van der Waals surface area (Å²) >= 11 is 0. The number of aliphatic hydroxyl groups excluding tert-OH is 2. The molecule has 1 aromatic rings. The van der Waals surface area contributed by atoms with Gasteiger partial charge in [-0.3, -0.25) is 9.40 Å². The summed E-state index contributed by atoms with van der Waals surface area (Å²) in [4.78, 5) is 23.0. The molecule has 0 radical (unpaired) electrons. The van der Waals surface area contributed by atoms with Crippen molar-refractivity contribution in [3.05, 3.63) is 33.2 Å². The monoisotopic (exact) mass is 330 g/mol. The molecule has 2 N–H and O–H groups in total. The van der Waals surface area contributed by atoms with E-state index in [-0.39, 0.29) is 5.82 Å². The van der Waals surface area contributed by atoms with Crippen LogP contribution in [0.15, 0.2) is 22.2 Å². The van der Waals surface area contributed by atoms with E-state index in [2.05, 4.69) is 15.0 Å². The maximum absolute atomic E-state index is 14.3. The van der Waals surface area contributed by atoms with Gasteiger partial charge in [-0.2, -0.15) is 4.98 Å². The molecular weight excluding hydrogens is 315 g/mol. The van der Waals surface area contributed by atoms with Gasteiger partial charge in [-0.15, -0.1) is 0 Å². The first-order valence-corrected chi connectivity index (χ1v) is 6.44. The van der Waals surface area contributed by atoms with E-state index in [4.69, 9.17) is 15.1 Å². The number of halogens is 1. The molecule has 1 aliphatic rings. The fraction of sp³-hybridized carbons (Fsp3) is 0.636. The highest BCUT2D eigenvalue weighted by molar-refractivity contribution is 5.31. The number of rotatable bonds is 5.